The summed E-state index contributed by atoms with van der Waals surface area (Å²) in [6.07, 6.45) is 1.77. The molecule has 27 heavy (non-hydrogen) atoms. The summed E-state index contributed by atoms with van der Waals surface area (Å²) >= 11 is 0. The molecule has 2 bridgehead atoms. The minimum absolute atomic E-state index is 0.0172. The fourth-order valence-electron chi connectivity index (χ4n) is 5.01. The molecule has 5 nitrogen and oxygen atoms in total. The van der Waals surface area contributed by atoms with Crippen LogP contribution in [0.15, 0.2) is 48.5 Å². The Morgan fingerprint density at radius 3 is 2.48 bits per heavy atom. The summed E-state index contributed by atoms with van der Waals surface area (Å²) in [5.41, 5.74) is 3.39. The predicted octanol–water partition coefficient (Wildman–Crippen LogP) is 4.13. The lowest BCUT2D eigenvalue weighted by Crippen LogP contribution is -2.64. The predicted molar refractivity (Wildman–Crippen MR) is 105 cm³/mol. The normalized spacial score (nSPS) is 25.7. The average molecular weight is 365 g/mol. The maximum absolute atomic E-state index is 13.3. The number of amides is 1. The number of hydrogen-bond acceptors (Lipinski definition) is 4. The second kappa shape index (κ2) is 6.08. The van der Waals surface area contributed by atoms with Crippen molar-refractivity contribution in [3.8, 4) is 0 Å². The smallest absolute Gasteiger partial charge is 0.254 e. The topological polar surface area (TPSA) is 66.8 Å². The highest BCUT2D eigenvalue weighted by Gasteiger charge is 2.56. The molecular weight excluding hydrogens is 340 g/mol. The van der Waals surface area contributed by atoms with Crippen molar-refractivity contribution in [2.24, 2.45) is 5.41 Å². The van der Waals surface area contributed by atoms with E-state index in [4.69, 9.17) is 5.21 Å². The van der Waals surface area contributed by atoms with Crippen molar-refractivity contribution in [2.75, 3.05) is 11.8 Å². The number of hydrogen-bond donors (Lipinski definition) is 1. The van der Waals surface area contributed by atoms with Gasteiger partial charge in [-0.05, 0) is 53.6 Å². The van der Waals surface area contributed by atoms with E-state index >= 15 is 0 Å². The molecule has 0 saturated carbocycles. The standard InChI is InChI=1S/C22H25N2O3/c1-21(2)19-14-16-6-4-5-7-18(16)22(21,3)12-13-23(19)20(25)15-8-10-17(11-9-15)24(26)27/h4-11,19,26H,12-14H2,1-3H3/q-1/t19-,22+/m1/s1. The Labute approximate surface area is 159 Å². The van der Waals surface area contributed by atoms with Crippen LogP contribution in [-0.2, 0) is 11.8 Å². The fourth-order valence-corrected chi connectivity index (χ4v) is 5.01. The van der Waals surface area contributed by atoms with Gasteiger partial charge in [0.25, 0.3) is 5.91 Å². The van der Waals surface area contributed by atoms with Crippen LogP contribution in [-0.4, -0.2) is 28.6 Å². The molecule has 1 aliphatic heterocycles. The Kier molecular flexibility index (Phi) is 4.05. The molecule has 1 heterocycles. The van der Waals surface area contributed by atoms with Crippen molar-refractivity contribution in [2.45, 2.75) is 45.1 Å². The van der Waals surface area contributed by atoms with Crippen molar-refractivity contribution in [3.63, 3.8) is 0 Å². The third kappa shape index (κ3) is 2.57. The summed E-state index contributed by atoms with van der Waals surface area (Å²) in [5, 5.41) is 19.8. The van der Waals surface area contributed by atoms with E-state index in [1.54, 1.807) is 12.1 Å². The van der Waals surface area contributed by atoms with Crippen LogP contribution in [0.5, 0.6) is 0 Å². The van der Waals surface area contributed by atoms with E-state index in [1.807, 2.05) is 4.90 Å². The number of likely N-dealkylation sites (tertiary alicyclic amines) is 1. The van der Waals surface area contributed by atoms with Gasteiger partial charge in [0.2, 0.25) is 0 Å². The fraction of sp³-hybridized carbons (Fsp3) is 0.409. The summed E-state index contributed by atoms with van der Waals surface area (Å²) in [5.74, 6) is -0.0172. The number of rotatable bonds is 2. The van der Waals surface area contributed by atoms with Gasteiger partial charge in [-0.3, -0.25) is 10.0 Å². The number of carbonyl (C=O) groups is 1. The van der Waals surface area contributed by atoms with Crippen molar-refractivity contribution in [1.82, 2.24) is 4.90 Å². The summed E-state index contributed by atoms with van der Waals surface area (Å²) in [4.78, 5) is 15.3. The van der Waals surface area contributed by atoms with Crippen LogP contribution in [0.3, 0.4) is 0 Å². The lowest BCUT2D eigenvalue weighted by Gasteiger charge is -2.60. The molecule has 0 aromatic heterocycles. The van der Waals surface area contributed by atoms with E-state index in [0.717, 1.165) is 12.8 Å². The third-order valence-corrected chi connectivity index (χ3v) is 7.11. The van der Waals surface area contributed by atoms with E-state index in [2.05, 4.69) is 45.0 Å². The van der Waals surface area contributed by atoms with Gasteiger partial charge in [-0.1, -0.05) is 45.0 Å². The Morgan fingerprint density at radius 2 is 1.81 bits per heavy atom. The molecule has 5 heteroatoms. The molecule has 1 N–H and O–H groups in total. The number of carbonyl (C=O) groups excluding carboxylic acids is 1. The highest BCUT2D eigenvalue weighted by atomic mass is 16.8. The summed E-state index contributed by atoms with van der Waals surface area (Å²) in [7, 11) is 0. The van der Waals surface area contributed by atoms with Crippen LogP contribution in [0.25, 0.3) is 0 Å². The maximum Gasteiger partial charge on any atom is 0.254 e. The average Bonchev–Trinajstić information content (AvgIpc) is 2.64. The molecule has 2 aliphatic rings. The molecule has 2 atom stereocenters. The quantitative estimate of drug-likeness (QED) is 0.813. The lowest BCUT2D eigenvalue weighted by molar-refractivity contribution is -0.0262. The Bertz CT molecular complexity index is 875. The first kappa shape index (κ1) is 18.0. The van der Waals surface area contributed by atoms with Gasteiger partial charge in [-0.25, -0.2) is 0 Å². The zero-order valence-electron chi connectivity index (χ0n) is 16.0. The largest absolute Gasteiger partial charge is 0.733 e. The van der Waals surface area contributed by atoms with Gasteiger partial charge < -0.3 is 15.3 Å². The molecule has 1 amide bonds. The van der Waals surface area contributed by atoms with Crippen molar-refractivity contribution < 1.29 is 10.0 Å². The van der Waals surface area contributed by atoms with Gasteiger partial charge in [0.15, 0.2) is 0 Å². The van der Waals surface area contributed by atoms with Gasteiger partial charge >= 0.3 is 0 Å². The molecular formula is C22H25N2O3-. The third-order valence-electron chi connectivity index (χ3n) is 7.11. The maximum atomic E-state index is 13.3. The Balaban J connectivity index is 1.70. The number of benzene rings is 2. The highest BCUT2D eigenvalue weighted by Crippen LogP contribution is 2.56. The summed E-state index contributed by atoms with van der Waals surface area (Å²) in [6, 6.07) is 14.9. The zero-order chi connectivity index (χ0) is 19.4. The Hall–Kier alpha value is -2.37. The molecule has 2 aromatic rings. The minimum atomic E-state index is -0.193. The molecule has 1 saturated heterocycles. The van der Waals surface area contributed by atoms with Gasteiger partial charge in [-0.2, -0.15) is 0 Å². The minimum Gasteiger partial charge on any atom is -0.733 e. The van der Waals surface area contributed by atoms with E-state index in [1.165, 1.54) is 23.3 Å². The molecule has 1 fully saturated rings. The highest BCUT2D eigenvalue weighted by molar-refractivity contribution is 5.95. The molecule has 0 unspecified atom stereocenters. The molecule has 1 aliphatic carbocycles. The molecule has 0 spiro atoms. The van der Waals surface area contributed by atoms with Gasteiger partial charge in [0.05, 0.1) is 5.69 Å². The van der Waals surface area contributed by atoms with Crippen molar-refractivity contribution in [3.05, 3.63) is 70.4 Å². The molecule has 142 valence electrons. The Morgan fingerprint density at radius 1 is 1.15 bits per heavy atom. The molecule has 4 rings (SSSR count). The second-order valence-corrected chi connectivity index (χ2v) is 8.50. The molecule has 0 radical (unpaired) electrons. The lowest BCUT2D eigenvalue weighted by atomic mass is 9.51. The van der Waals surface area contributed by atoms with Crippen LogP contribution < -0.4 is 5.23 Å². The van der Waals surface area contributed by atoms with Gasteiger partial charge in [0.1, 0.15) is 0 Å². The summed E-state index contributed by atoms with van der Waals surface area (Å²) in [6.45, 7) is 7.60. The van der Waals surface area contributed by atoms with Crippen LogP contribution >= 0.6 is 0 Å². The van der Waals surface area contributed by atoms with Crippen LogP contribution in [0.2, 0.25) is 0 Å². The number of nitrogens with zero attached hydrogens (tertiary/aromatic N) is 2. The second-order valence-electron chi connectivity index (χ2n) is 8.50. The van der Waals surface area contributed by atoms with E-state index < -0.39 is 0 Å². The van der Waals surface area contributed by atoms with Crippen molar-refractivity contribution in [1.29, 1.82) is 0 Å². The van der Waals surface area contributed by atoms with E-state index in [0.29, 0.717) is 12.1 Å². The van der Waals surface area contributed by atoms with Gasteiger partial charge in [-0.15, -0.1) is 0 Å². The first-order chi connectivity index (χ1) is 12.8. The van der Waals surface area contributed by atoms with Crippen LogP contribution in [0, 0.1) is 10.6 Å². The summed E-state index contributed by atoms with van der Waals surface area (Å²) < 4.78 is 0. The van der Waals surface area contributed by atoms with Crippen molar-refractivity contribution >= 4 is 11.6 Å². The number of anilines is 1. The van der Waals surface area contributed by atoms with E-state index in [9.17, 15) is 10.0 Å². The molecule has 2 aromatic carbocycles. The first-order valence-corrected chi connectivity index (χ1v) is 9.41. The number of piperidine rings is 1. The van der Waals surface area contributed by atoms with Crippen LogP contribution in [0.4, 0.5) is 5.69 Å². The number of fused-ring (bicyclic) bond motifs is 4. The van der Waals surface area contributed by atoms with Gasteiger partial charge in [0, 0.05) is 23.6 Å². The van der Waals surface area contributed by atoms with E-state index in [-0.39, 0.29) is 33.7 Å². The monoisotopic (exact) mass is 365 g/mol. The zero-order valence-corrected chi connectivity index (χ0v) is 16.0. The SMILES string of the molecule is CC1(C)[C@H]2Cc3ccccc3[C@]1(C)CCN2C(=O)c1ccc(N([O-])O)cc1. The van der Waals surface area contributed by atoms with Crippen LogP contribution in [0.1, 0.15) is 48.7 Å². The first-order valence-electron chi connectivity index (χ1n) is 9.41.